The lowest BCUT2D eigenvalue weighted by molar-refractivity contribution is 0.0468. The Hall–Kier alpha value is -0.580. The van der Waals surface area contributed by atoms with Crippen LogP contribution < -0.4 is 5.32 Å². The number of ether oxygens (including phenoxy) is 1. The molecule has 5 heteroatoms. The van der Waals surface area contributed by atoms with Crippen molar-refractivity contribution in [2.75, 3.05) is 25.6 Å². The molecule has 1 aromatic rings. The maximum atomic E-state index is 6.09. The van der Waals surface area contributed by atoms with Crippen LogP contribution in [-0.4, -0.2) is 41.0 Å². The van der Waals surface area contributed by atoms with Gasteiger partial charge in [0.1, 0.15) is 0 Å². The van der Waals surface area contributed by atoms with Crippen LogP contribution in [0.4, 0.5) is 0 Å². The van der Waals surface area contributed by atoms with Crippen molar-refractivity contribution in [2.45, 2.75) is 24.8 Å². The molecular weight excluding hydrogens is 238 g/mol. The summed E-state index contributed by atoms with van der Waals surface area (Å²) in [6, 6.07) is 2.05. The van der Waals surface area contributed by atoms with Gasteiger partial charge in [-0.2, -0.15) is 5.10 Å². The Morgan fingerprint density at radius 2 is 2.29 bits per heavy atom. The van der Waals surface area contributed by atoms with E-state index in [0.29, 0.717) is 5.88 Å². The molecule has 2 rings (SSSR count). The zero-order valence-electron chi connectivity index (χ0n) is 10.3. The largest absolute Gasteiger partial charge is 0.381 e. The molecule has 4 nitrogen and oxygen atoms in total. The van der Waals surface area contributed by atoms with Crippen LogP contribution in [0, 0.1) is 0 Å². The second-order valence-electron chi connectivity index (χ2n) is 4.65. The molecular formula is C12H20ClN3O. The van der Waals surface area contributed by atoms with Crippen molar-refractivity contribution in [3.63, 3.8) is 0 Å². The van der Waals surface area contributed by atoms with Crippen molar-refractivity contribution >= 4 is 11.6 Å². The summed E-state index contributed by atoms with van der Waals surface area (Å²) in [4.78, 5) is 0. The second kappa shape index (κ2) is 5.85. The molecule has 1 saturated heterocycles. The topological polar surface area (TPSA) is 39.1 Å². The molecule has 1 fully saturated rings. The predicted molar refractivity (Wildman–Crippen MR) is 68.4 cm³/mol. The molecule has 2 heterocycles. The maximum absolute atomic E-state index is 6.09. The van der Waals surface area contributed by atoms with Crippen molar-refractivity contribution in [3.05, 3.63) is 18.0 Å². The third-order valence-corrected chi connectivity index (χ3v) is 4.02. The summed E-state index contributed by atoms with van der Waals surface area (Å²) < 4.78 is 7.30. The van der Waals surface area contributed by atoms with E-state index in [1.54, 1.807) is 0 Å². The molecule has 0 atom stereocenters. The number of halogens is 1. The van der Waals surface area contributed by atoms with Gasteiger partial charge >= 0.3 is 0 Å². The standard InChI is InChI=1S/C12H20ClN3O/c1-16-11(3-7-15-16)2-6-14-12(10-13)4-8-17-9-5-12/h3,7,14H,2,4-6,8-10H2,1H3. The van der Waals surface area contributed by atoms with E-state index in [2.05, 4.69) is 16.5 Å². The van der Waals surface area contributed by atoms with Gasteiger partial charge in [-0.25, -0.2) is 0 Å². The van der Waals surface area contributed by atoms with Crippen molar-refractivity contribution < 1.29 is 4.74 Å². The first-order chi connectivity index (χ1) is 8.26. The number of hydrogen-bond acceptors (Lipinski definition) is 3. The molecule has 96 valence electrons. The number of rotatable bonds is 5. The predicted octanol–water partition coefficient (Wildman–Crippen LogP) is 1.34. The lowest BCUT2D eigenvalue weighted by atomic mass is 9.92. The van der Waals surface area contributed by atoms with Gasteiger partial charge in [-0.15, -0.1) is 11.6 Å². The second-order valence-corrected chi connectivity index (χ2v) is 4.92. The Morgan fingerprint density at radius 3 is 2.88 bits per heavy atom. The Kier molecular flexibility index (Phi) is 4.42. The SMILES string of the molecule is Cn1nccc1CCNC1(CCl)CCOCC1. The minimum atomic E-state index is 0.0679. The van der Waals surface area contributed by atoms with Crippen LogP contribution in [0.2, 0.25) is 0 Å². The molecule has 1 aliphatic rings. The average molecular weight is 258 g/mol. The molecule has 0 saturated carbocycles. The Bertz CT molecular complexity index is 347. The highest BCUT2D eigenvalue weighted by Gasteiger charge is 2.30. The summed E-state index contributed by atoms with van der Waals surface area (Å²) in [5.74, 6) is 0.655. The number of aryl methyl sites for hydroxylation is 1. The molecule has 0 aromatic carbocycles. The van der Waals surface area contributed by atoms with Gasteiger partial charge in [-0.1, -0.05) is 0 Å². The summed E-state index contributed by atoms with van der Waals surface area (Å²) in [5.41, 5.74) is 1.31. The van der Waals surface area contributed by atoms with Gasteiger partial charge < -0.3 is 10.1 Å². The van der Waals surface area contributed by atoms with E-state index in [-0.39, 0.29) is 5.54 Å². The molecule has 0 bridgehead atoms. The van der Waals surface area contributed by atoms with E-state index in [9.17, 15) is 0 Å². The number of nitrogens with zero attached hydrogens (tertiary/aromatic N) is 2. The van der Waals surface area contributed by atoms with E-state index >= 15 is 0 Å². The third kappa shape index (κ3) is 3.21. The van der Waals surface area contributed by atoms with Crippen molar-refractivity contribution in [1.82, 2.24) is 15.1 Å². The summed E-state index contributed by atoms with van der Waals surface area (Å²) in [6.45, 7) is 2.56. The van der Waals surface area contributed by atoms with Crippen LogP contribution in [0.3, 0.4) is 0 Å². The van der Waals surface area contributed by atoms with E-state index in [4.69, 9.17) is 16.3 Å². The summed E-state index contributed by atoms with van der Waals surface area (Å²) >= 11 is 6.09. The van der Waals surface area contributed by atoms with Gasteiger partial charge in [-0.3, -0.25) is 4.68 Å². The fourth-order valence-electron chi connectivity index (χ4n) is 2.22. The van der Waals surface area contributed by atoms with E-state index < -0.39 is 0 Å². The Labute approximate surface area is 107 Å². The lowest BCUT2D eigenvalue weighted by Crippen LogP contribution is -2.51. The number of alkyl halides is 1. The smallest absolute Gasteiger partial charge is 0.0492 e. The fraction of sp³-hybridized carbons (Fsp3) is 0.750. The third-order valence-electron chi connectivity index (χ3n) is 3.51. The lowest BCUT2D eigenvalue weighted by Gasteiger charge is -2.36. The number of aromatic nitrogens is 2. The fourth-order valence-corrected chi connectivity index (χ4v) is 2.58. The van der Waals surface area contributed by atoms with Gasteiger partial charge in [0.2, 0.25) is 0 Å². The highest BCUT2D eigenvalue weighted by molar-refractivity contribution is 6.18. The van der Waals surface area contributed by atoms with Crippen LogP contribution >= 0.6 is 11.6 Å². The van der Waals surface area contributed by atoms with Crippen molar-refractivity contribution in [2.24, 2.45) is 7.05 Å². The van der Waals surface area contributed by atoms with Crippen LogP contribution in [-0.2, 0) is 18.2 Å². The average Bonchev–Trinajstić information content (AvgIpc) is 2.76. The van der Waals surface area contributed by atoms with E-state index in [1.807, 2.05) is 17.9 Å². The molecule has 0 amide bonds. The van der Waals surface area contributed by atoms with Crippen LogP contribution in [0.15, 0.2) is 12.3 Å². The molecule has 0 unspecified atom stereocenters. The Balaban J connectivity index is 1.82. The zero-order chi connectivity index (χ0) is 12.1. The highest BCUT2D eigenvalue weighted by Crippen LogP contribution is 2.22. The maximum Gasteiger partial charge on any atom is 0.0492 e. The van der Waals surface area contributed by atoms with Crippen LogP contribution in [0.5, 0.6) is 0 Å². The summed E-state index contributed by atoms with van der Waals surface area (Å²) in [7, 11) is 1.97. The monoisotopic (exact) mass is 257 g/mol. The van der Waals surface area contributed by atoms with Crippen LogP contribution in [0.25, 0.3) is 0 Å². The molecule has 0 aliphatic carbocycles. The van der Waals surface area contributed by atoms with Gasteiger partial charge in [0.15, 0.2) is 0 Å². The van der Waals surface area contributed by atoms with Crippen LogP contribution in [0.1, 0.15) is 18.5 Å². The minimum absolute atomic E-state index is 0.0679. The van der Waals surface area contributed by atoms with Crippen molar-refractivity contribution in [3.8, 4) is 0 Å². The quantitative estimate of drug-likeness (QED) is 0.810. The number of hydrogen-bond donors (Lipinski definition) is 1. The van der Waals surface area contributed by atoms with E-state index in [1.165, 1.54) is 5.69 Å². The normalized spacial score (nSPS) is 19.4. The molecule has 0 spiro atoms. The van der Waals surface area contributed by atoms with Gasteiger partial charge in [0, 0.05) is 56.5 Å². The molecule has 1 aromatic heterocycles. The Morgan fingerprint density at radius 1 is 1.53 bits per heavy atom. The van der Waals surface area contributed by atoms with Crippen molar-refractivity contribution in [1.29, 1.82) is 0 Å². The molecule has 17 heavy (non-hydrogen) atoms. The first-order valence-electron chi connectivity index (χ1n) is 6.11. The molecule has 1 aliphatic heterocycles. The van der Waals surface area contributed by atoms with Gasteiger partial charge in [-0.05, 0) is 18.9 Å². The first kappa shape index (κ1) is 12.9. The number of nitrogens with one attached hydrogen (secondary N) is 1. The molecule has 1 N–H and O–H groups in total. The first-order valence-corrected chi connectivity index (χ1v) is 6.65. The highest BCUT2D eigenvalue weighted by atomic mass is 35.5. The zero-order valence-corrected chi connectivity index (χ0v) is 11.0. The van der Waals surface area contributed by atoms with Gasteiger partial charge in [0.25, 0.3) is 0 Å². The van der Waals surface area contributed by atoms with Gasteiger partial charge in [0.05, 0.1) is 0 Å². The molecule has 0 radical (unpaired) electrons. The summed E-state index contributed by atoms with van der Waals surface area (Å²) in [6.07, 6.45) is 4.82. The van der Waals surface area contributed by atoms with E-state index in [0.717, 1.165) is 39.0 Å². The minimum Gasteiger partial charge on any atom is -0.381 e. The summed E-state index contributed by atoms with van der Waals surface area (Å²) in [5, 5.41) is 7.76.